The predicted octanol–water partition coefficient (Wildman–Crippen LogP) is 4.42. The topological polar surface area (TPSA) is 32.3 Å². The van der Waals surface area contributed by atoms with Gasteiger partial charge in [0.15, 0.2) is 0 Å². The molecule has 1 heterocycles. The second-order valence-corrected chi connectivity index (χ2v) is 6.93. The molecule has 4 rings (SSSR count). The van der Waals surface area contributed by atoms with Crippen molar-refractivity contribution in [3.8, 4) is 0 Å². The van der Waals surface area contributed by atoms with Crippen molar-refractivity contribution >= 4 is 17.3 Å². The Morgan fingerprint density at radius 1 is 0.958 bits per heavy atom. The zero-order valence-corrected chi connectivity index (χ0v) is 13.9. The molecule has 1 amide bonds. The number of rotatable bonds is 5. The van der Waals surface area contributed by atoms with Crippen molar-refractivity contribution in [1.29, 1.82) is 0 Å². The number of amides is 1. The minimum Gasteiger partial charge on any atom is -0.370 e. The Labute approximate surface area is 143 Å². The lowest BCUT2D eigenvalue weighted by Crippen LogP contribution is -2.25. The Balaban J connectivity index is 1.57. The van der Waals surface area contributed by atoms with Crippen LogP contribution in [0.15, 0.2) is 54.6 Å². The number of carbonyl (C=O) groups excluding carboxylic acids is 1. The molecule has 24 heavy (non-hydrogen) atoms. The monoisotopic (exact) mass is 320 g/mol. The fraction of sp³-hybridized carbons (Fsp3) is 0.381. The summed E-state index contributed by atoms with van der Waals surface area (Å²) in [5.74, 6) is 0.597. The molecule has 3 nitrogen and oxygen atoms in total. The Morgan fingerprint density at radius 2 is 1.62 bits per heavy atom. The number of nitrogens with zero attached hydrogens (tertiary/aromatic N) is 1. The van der Waals surface area contributed by atoms with Gasteiger partial charge in [-0.05, 0) is 49.3 Å². The van der Waals surface area contributed by atoms with E-state index in [0.717, 1.165) is 42.9 Å². The Morgan fingerprint density at radius 3 is 2.33 bits per heavy atom. The van der Waals surface area contributed by atoms with Gasteiger partial charge >= 0.3 is 0 Å². The lowest BCUT2D eigenvalue weighted by atomic mass is 9.93. The predicted molar refractivity (Wildman–Crippen MR) is 98.4 cm³/mol. The summed E-state index contributed by atoms with van der Waals surface area (Å²) in [6, 6.07) is 18.4. The van der Waals surface area contributed by atoms with Gasteiger partial charge in [-0.15, -0.1) is 0 Å². The van der Waals surface area contributed by atoms with Gasteiger partial charge in [0.1, 0.15) is 0 Å². The highest BCUT2D eigenvalue weighted by molar-refractivity contribution is 5.99. The van der Waals surface area contributed by atoms with Crippen molar-refractivity contribution < 1.29 is 4.79 Å². The number of nitrogens with one attached hydrogen (secondary N) is 1. The van der Waals surface area contributed by atoms with Gasteiger partial charge in [0.05, 0.1) is 17.3 Å². The SMILES string of the molecule is O=C(Nc1ccccc1N1CCCC1)C(c1ccccc1)C1CC1. The van der Waals surface area contributed by atoms with E-state index in [2.05, 4.69) is 34.5 Å². The van der Waals surface area contributed by atoms with E-state index < -0.39 is 0 Å². The molecule has 1 aliphatic heterocycles. The van der Waals surface area contributed by atoms with Crippen molar-refractivity contribution in [1.82, 2.24) is 0 Å². The zero-order chi connectivity index (χ0) is 16.4. The van der Waals surface area contributed by atoms with E-state index in [9.17, 15) is 4.79 Å². The van der Waals surface area contributed by atoms with Gasteiger partial charge in [-0.3, -0.25) is 4.79 Å². The molecule has 0 aromatic heterocycles. The highest BCUT2D eigenvalue weighted by Gasteiger charge is 2.37. The van der Waals surface area contributed by atoms with Crippen molar-refractivity contribution in [2.24, 2.45) is 5.92 Å². The molecule has 2 fully saturated rings. The van der Waals surface area contributed by atoms with E-state index >= 15 is 0 Å². The second-order valence-electron chi connectivity index (χ2n) is 6.93. The number of benzene rings is 2. The average Bonchev–Trinajstić information content (AvgIpc) is 3.29. The lowest BCUT2D eigenvalue weighted by molar-refractivity contribution is -0.118. The quantitative estimate of drug-likeness (QED) is 0.884. The molecule has 1 saturated carbocycles. The summed E-state index contributed by atoms with van der Waals surface area (Å²) in [7, 11) is 0. The fourth-order valence-electron chi connectivity index (χ4n) is 3.75. The van der Waals surface area contributed by atoms with E-state index in [-0.39, 0.29) is 11.8 Å². The molecule has 1 unspecified atom stereocenters. The first-order valence-electron chi connectivity index (χ1n) is 9.03. The normalized spacial score (nSPS) is 18.4. The molecule has 0 bridgehead atoms. The van der Waals surface area contributed by atoms with Crippen LogP contribution in [-0.4, -0.2) is 19.0 Å². The molecule has 0 radical (unpaired) electrons. The Hall–Kier alpha value is -2.29. The van der Waals surface area contributed by atoms with Crippen molar-refractivity contribution in [3.63, 3.8) is 0 Å². The van der Waals surface area contributed by atoms with Crippen LogP contribution in [0.3, 0.4) is 0 Å². The highest BCUT2D eigenvalue weighted by atomic mass is 16.1. The maximum atomic E-state index is 13.0. The fourth-order valence-corrected chi connectivity index (χ4v) is 3.75. The molecule has 0 spiro atoms. The number of hydrogen-bond acceptors (Lipinski definition) is 2. The number of para-hydroxylation sites is 2. The molecule has 1 aliphatic carbocycles. The molecular weight excluding hydrogens is 296 g/mol. The minimum absolute atomic E-state index is 0.0298. The van der Waals surface area contributed by atoms with Gasteiger partial charge in [-0.2, -0.15) is 0 Å². The molecule has 124 valence electrons. The molecule has 2 aliphatic rings. The van der Waals surface area contributed by atoms with Gasteiger partial charge in [0.2, 0.25) is 5.91 Å². The number of hydrogen-bond donors (Lipinski definition) is 1. The molecule has 2 aromatic rings. The number of anilines is 2. The summed E-state index contributed by atoms with van der Waals surface area (Å²) in [5.41, 5.74) is 3.24. The summed E-state index contributed by atoms with van der Waals surface area (Å²) in [6.07, 6.45) is 4.77. The van der Waals surface area contributed by atoms with E-state index in [0.29, 0.717) is 5.92 Å². The summed E-state index contributed by atoms with van der Waals surface area (Å²) in [4.78, 5) is 15.4. The van der Waals surface area contributed by atoms with Gasteiger partial charge in [0, 0.05) is 13.1 Å². The van der Waals surface area contributed by atoms with Crippen LogP contribution in [0, 0.1) is 5.92 Å². The first-order chi connectivity index (χ1) is 11.8. The van der Waals surface area contributed by atoms with Gasteiger partial charge in [0.25, 0.3) is 0 Å². The zero-order valence-electron chi connectivity index (χ0n) is 13.9. The van der Waals surface area contributed by atoms with Crippen LogP contribution in [0.5, 0.6) is 0 Å². The molecule has 2 aromatic carbocycles. The highest BCUT2D eigenvalue weighted by Crippen LogP contribution is 2.43. The first kappa shape index (κ1) is 15.3. The third-order valence-electron chi connectivity index (χ3n) is 5.14. The minimum atomic E-state index is -0.0298. The second kappa shape index (κ2) is 6.68. The maximum Gasteiger partial charge on any atom is 0.232 e. The lowest BCUT2D eigenvalue weighted by Gasteiger charge is -2.23. The summed E-state index contributed by atoms with van der Waals surface area (Å²) in [5, 5.41) is 3.23. The largest absolute Gasteiger partial charge is 0.370 e. The van der Waals surface area contributed by atoms with E-state index in [1.807, 2.05) is 30.3 Å². The van der Waals surface area contributed by atoms with Crippen molar-refractivity contribution in [3.05, 3.63) is 60.2 Å². The molecule has 3 heteroatoms. The van der Waals surface area contributed by atoms with Crippen LogP contribution < -0.4 is 10.2 Å². The first-order valence-corrected chi connectivity index (χ1v) is 9.03. The van der Waals surface area contributed by atoms with Gasteiger partial charge in [-0.1, -0.05) is 42.5 Å². The number of carbonyl (C=O) groups is 1. The third-order valence-corrected chi connectivity index (χ3v) is 5.14. The van der Waals surface area contributed by atoms with Crippen molar-refractivity contribution in [2.45, 2.75) is 31.6 Å². The van der Waals surface area contributed by atoms with Crippen molar-refractivity contribution in [2.75, 3.05) is 23.3 Å². The van der Waals surface area contributed by atoms with Gasteiger partial charge < -0.3 is 10.2 Å². The van der Waals surface area contributed by atoms with Crippen LogP contribution in [0.1, 0.15) is 37.2 Å². The van der Waals surface area contributed by atoms with E-state index in [1.165, 1.54) is 12.8 Å². The standard InChI is InChI=1S/C21H24N2O/c24-21(20(17-12-13-17)16-8-2-1-3-9-16)22-18-10-4-5-11-19(18)23-14-6-7-15-23/h1-5,8-11,17,20H,6-7,12-15H2,(H,22,24). The smallest absolute Gasteiger partial charge is 0.232 e. The van der Waals surface area contributed by atoms with Crippen LogP contribution in [0.4, 0.5) is 11.4 Å². The average molecular weight is 320 g/mol. The molecule has 1 saturated heterocycles. The third kappa shape index (κ3) is 3.16. The summed E-state index contributed by atoms with van der Waals surface area (Å²) >= 11 is 0. The van der Waals surface area contributed by atoms with Crippen LogP contribution in [-0.2, 0) is 4.79 Å². The van der Waals surface area contributed by atoms with Crippen LogP contribution >= 0.6 is 0 Å². The maximum absolute atomic E-state index is 13.0. The molecule has 1 atom stereocenters. The van der Waals surface area contributed by atoms with E-state index in [1.54, 1.807) is 0 Å². The summed E-state index contributed by atoms with van der Waals surface area (Å²) in [6.45, 7) is 2.16. The molecular formula is C21H24N2O. The van der Waals surface area contributed by atoms with E-state index in [4.69, 9.17) is 0 Å². The van der Waals surface area contributed by atoms with Crippen LogP contribution in [0.2, 0.25) is 0 Å². The summed E-state index contributed by atoms with van der Waals surface area (Å²) < 4.78 is 0. The molecule has 1 N–H and O–H groups in total. The van der Waals surface area contributed by atoms with Crippen LogP contribution in [0.25, 0.3) is 0 Å². The van der Waals surface area contributed by atoms with Gasteiger partial charge in [-0.25, -0.2) is 0 Å². The Bertz CT molecular complexity index is 703. The Kier molecular flexibility index (Phi) is 4.24.